The summed E-state index contributed by atoms with van der Waals surface area (Å²) in [5, 5.41) is 11.7. The van der Waals surface area contributed by atoms with Gasteiger partial charge >= 0.3 is 0 Å². The summed E-state index contributed by atoms with van der Waals surface area (Å²) in [4.78, 5) is 19.6. The average Bonchev–Trinajstić information content (AvgIpc) is 3.23. The average molecular weight is 403 g/mol. The first-order valence-corrected chi connectivity index (χ1v) is 10.9. The second-order valence-corrected chi connectivity index (χ2v) is 8.91. The molecule has 4 rings (SSSR count). The van der Waals surface area contributed by atoms with Gasteiger partial charge in [-0.25, -0.2) is 4.98 Å². The Morgan fingerprint density at radius 2 is 2.19 bits per heavy atom. The van der Waals surface area contributed by atoms with E-state index in [2.05, 4.69) is 0 Å². The van der Waals surface area contributed by atoms with Crippen LogP contribution in [0.1, 0.15) is 22.4 Å². The van der Waals surface area contributed by atoms with Gasteiger partial charge in [0.1, 0.15) is 17.2 Å². The topological polar surface area (TPSA) is 64.3 Å². The molecule has 0 aliphatic heterocycles. The third-order valence-corrected chi connectivity index (χ3v) is 7.20. The number of nitrogens with zero attached hydrogens (tertiary/aromatic N) is 2. The lowest BCUT2D eigenvalue weighted by atomic mass is 10.2. The maximum absolute atomic E-state index is 12.8. The molecule has 1 N–H and O–H groups in total. The van der Waals surface area contributed by atoms with Crippen LogP contribution in [0.5, 0.6) is 5.75 Å². The second kappa shape index (κ2) is 7.66. The third-order valence-electron chi connectivity index (χ3n) is 4.83. The van der Waals surface area contributed by atoms with Crippen molar-refractivity contribution < 1.29 is 9.84 Å². The Labute approximate surface area is 166 Å². The summed E-state index contributed by atoms with van der Waals surface area (Å²) in [6.45, 7) is 2.19. The lowest BCUT2D eigenvalue weighted by Gasteiger charge is -2.14. The number of fused-ring (bicyclic) bond motifs is 3. The van der Waals surface area contributed by atoms with Gasteiger partial charge in [0, 0.05) is 17.7 Å². The zero-order valence-corrected chi connectivity index (χ0v) is 17.0. The fraction of sp³-hybridized carbons (Fsp3) is 0.400. The number of benzene rings is 1. The summed E-state index contributed by atoms with van der Waals surface area (Å²) in [6, 6.07) is 7.74. The van der Waals surface area contributed by atoms with Crippen LogP contribution in [0.2, 0.25) is 0 Å². The number of hydrogen-bond acceptors (Lipinski definition) is 6. The maximum atomic E-state index is 12.8. The molecule has 1 atom stereocenters. The van der Waals surface area contributed by atoms with E-state index in [9.17, 15) is 9.90 Å². The monoisotopic (exact) mass is 402 g/mol. The minimum Gasteiger partial charge on any atom is -0.491 e. The highest BCUT2D eigenvalue weighted by atomic mass is 32.2. The molecule has 0 spiro atoms. The van der Waals surface area contributed by atoms with E-state index < -0.39 is 6.10 Å². The molecule has 2 heterocycles. The lowest BCUT2D eigenvalue weighted by molar-refractivity contribution is 0.126. The Morgan fingerprint density at radius 3 is 3.00 bits per heavy atom. The SMILES string of the molecule is Cc1ccccc1OC[C@@H](O)CSc1nc2sc3c(c2c(=O)n1C)CCC3. The summed E-state index contributed by atoms with van der Waals surface area (Å²) in [7, 11) is 1.76. The van der Waals surface area contributed by atoms with Crippen LogP contribution < -0.4 is 10.3 Å². The van der Waals surface area contributed by atoms with Crippen molar-refractivity contribution in [3.05, 3.63) is 50.6 Å². The van der Waals surface area contributed by atoms with E-state index in [0.717, 1.165) is 40.8 Å². The van der Waals surface area contributed by atoms with Crippen LogP contribution in [-0.2, 0) is 19.9 Å². The van der Waals surface area contributed by atoms with Gasteiger partial charge in [-0.1, -0.05) is 30.0 Å². The predicted octanol–water partition coefficient (Wildman–Crippen LogP) is 3.32. The normalized spacial score (nSPS) is 14.5. The van der Waals surface area contributed by atoms with Crippen LogP contribution >= 0.6 is 23.1 Å². The van der Waals surface area contributed by atoms with Crippen molar-refractivity contribution in [2.24, 2.45) is 7.05 Å². The van der Waals surface area contributed by atoms with Crippen molar-refractivity contribution in [1.82, 2.24) is 9.55 Å². The van der Waals surface area contributed by atoms with E-state index in [1.165, 1.54) is 22.2 Å². The van der Waals surface area contributed by atoms with Crippen LogP contribution in [0, 0.1) is 6.92 Å². The van der Waals surface area contributed by atoms with Crippen LogP contribution in [0.4, 0.5) is 0 Å². The molecule has 0 unspecified atom stereocenters. The zero-order chi connectivity index (χ0) is 19.0. The molecule has 2 aromatic heterocycles. The van der Waals surface area contributed by atoms with Crippen LogP contribution in [0.25, 0.3) is 10.2 Å². The number of ether oxygens (including phenoxy) is 1. The maximum Gasteiger partial charge on any atom is 0.262 e. The van der Waals surface area contributed by atoms with Crippen LogP contribution in [-0.4, -0.2) is 33.1 Å². The number of aryl methyl sites for hydroxylation is 3. The highest BCUT2D eigenvalue weighted by Crippen LogP contribution is 2.35. The van der Waals surface area contributed by atoms with E-state index in [1.54, 1.807) is 23.0 Å². The van der Waals surface area contributed by atoms with Gasteiger partial charge in [0.25, 0.3) is 5.56 Å². The Hall–Kier alpha value is -1.83. The van der Waals surface area contributed by atoms with Crippen molar-refractivity contribution in [3.8, 4) is 5.75 Å². The number of aliphatic hydroxyl groups is 1. The van der Waals surface area contributed by atoms with E-state index in [1.807, 2.05) is 31.2 Å². The third kappa shape index (κ3) is 3.63. The summed E-state index contributed by atoms with van der Waals surface area (Å²) in [5.74, 6) is 1.20. The molecule has 1 aliphatic rings. The van der Waals surface area contributed by atoms with Crippen molar-refractivity contribution >= 4 is 33.3 Å². The van der Waals surface area contributed by atoms with Crippen molar-refractivity contribution in [3.63, 3.8) is 0 Å². The molecular formula is C20H22N2O3S2. The summed E-state index contributed by atoms with van der Waals surface area (Å²) >= 11 is 3.03. The highest BCUT2D eigenvalue weighted by molar-refractivity contribution is 7.99. The standard InChI is InChI=1S/C20H22N2O3S2/c1-12-6-3-4-8-15(12)25-10-13(23)11-26-20-21-18-17(19(24)22(20)2)14-7-5-9-16(14)27-18/h3-4,6,8,13,23H,5,7,9-11H2,1-2H3/t13-/m1/s1. The number of aromatic nitrogens is 2. The summed E-state index contributed by atoms with van der Waals surface area (Å²) in [5.41, 5.74) is 2.26. The van der Waals surface area contributed by atoms with E-state index in [0.29, 0.717) is 10.9 Å². The molecule has 0 bridgehead atoms. The summed E-state index contributed by atoms with van der Waals surface area (Å²) < 4.78 is 7.31. The molecule has 7 heteroatoms. The Bertz CT molecular complexity index is 1040. The number of aliphatic hydroxyl groups excluding tert-OH is 1. The number of hydrogen-bond donors (Lipinski definition) is 1. The number of thiophene rings is 1. The molecule has 27 heavy (non-hydrogen) atoms. The van der Waals surface area contributed by atoms with Crippen molar-refractivity contribution in [2.75, 3.05) is 12.4 Å². The molecule has 5 nitrogen and oxygen atoms in total. The Balaban J connectivity index is 1.45. The molecule has 142 valence electrons. The highest BCUT2D eigenvalue weighted by Gasteiger charge is 2.22. The molecule has 0 saturated heterocycles. The number of rotatable bonds is 6. The van der Waals surface area contributed by atoms with Gasteiger partial charge in [0.05, 0.1) is 11.5 Å². The van der Waals surface area contributed by atoms with Gasteiger partial charge in [-0.3, -0.25) is 9.36 Å². The first kappa shape index (κ1) is 18.5. The molecule has 0 amide bonds. The van der Waals surface area contributed by atoms with Gasteiger partial charge in [-0.2, -0.15) is 0 Å². The first-order chi connectivity index (χ1) is 13.0. The molecule has 0 saturated carbocycles. The predicted molar refractivity (Wildman–Crippen MR) is 110 cm³/mol. The second-order valence-electron chi connectivity index (χ2n) is 6.84. The molecule has 1 aliphatic carbocycles. The van der Waals surface area contributed by atoms with E-state index >= 15 is 0 Å². The van der Waals surface area contributed by atoms with Crippen LogP contribution in [0.3, 0.4) is 0 Å². The van der Waals surface area contributed by atoms with Gasteiger partial charge in [-0.05, 0) is 43.4 Å². The minimum atomic E-state index is -0.643. The van der Waals surface area contributed by atoms with Crippen molar-refractivity contribution in [1.29, 1.82) is 0 Å². The quantitative estimate of drug-likeness (QED) is 0.506. The van der Waals surface area contributed by atoms with Gasteiger partial charge in [0.2, 0.25) is 0 Å². The van der Waals surface area contributed by atoms with Crippen molar-refractivity contribution in [2.45, 2.75) is 37.4 Å². The zero-order valence-electron chi connectivity index (χ0n) is 15.4. The first-order valence-electron chi connectivity index (χ1n) is 9.05. The Kier molecular flexibility index (Phi) is 5.25. The summed E-state index contributed by atoms with van der Waals surface area (Å²) in [6.07, 6.45) is 2.52. The fourth-order valence-corrected chi connectivity index (χ4v) is 5.54. The van der Waals surface area contributed by atoms with Gasteiger partial charge in [-0.15, -0.1) is 11.3 Å². The lowest BCUT2D eigenvalue weighted by Crippen LogP contribution is -2.23. The molecule has 1 aromatic carbocycles. The van der Waals surface area contributed by atoms with Gasteiger partial charge in [0.15, 0.2) is 5.16 Å². The van der Waals surface area contributed by atoms with Gasteiger partial charge < -0.3 is 9.84 Å². The number of thioether (sulfide) groups is 1. The van der Waals surface area contributed by atoms with Crippen LogP contribution in [0.15, 0.2) is 34.2 Å². The molecule has 0 radical (unpaired) electrons. The fourth-order valence-electron chi connectivity index (χ4n) is 3.36. The number of para-hydroxylation sites is 1. The molecule has 3 aromatic rings. The van der Waals surface area contributed by atoms with E-state index in [4.69, 9.17) is 9.72 Å². The molecular weight excluding hydrogens is 380 g/mol. The smallest absolute Gasteiger partial charge is 0.262 e. The van der Waals surface area contributed by atoms with E-state index in [-0.39, 0.29) is 12.2 Å². The Morgan fingerprint density at radius 1 is 1.37 bits per heavy atom. The largest absolute Gasteiger partial charge is 0.491 e. The molecule has 0 fully saturated rings. The minimum absolute atomic E-state index is 0.0209.